The molecule has 0 saturated carbocycles. The first-order chi connectivity index (χ1) is 14.8. The molecule has 1 aliphatic rings. The maximum Gasteiger partial charge on any atom is 0.220 e. The lowest BCUT2D eigenvalue weighted by molar-refractivity contribution is -0.122. The van der Waals surface area contributed by atoms with Gasteiger partial charge in [-0.1, -0.05) is 74.5 Å². The molecule has 1 aliphatic heterocycles. The largest absolute Gasteiger partial charge is 0.376 e. The summed E-state index contributed by atoms with van der Waals surface area (Å²) in [7, 11) is 0. The molecule has 3 atom stereocenters. The van der Waals surface area contributed by atoms with E-state index in [1.54, 1.807) is 0 Å². The molecule has 1 saturated heterocycles. The number of benzene rings is 2. The summed E-state index contributed by atoms with van der Waals surface area (Å²) in [4.78, 5) is 12.9. The van der Waals surface area contributed by atoms with Crippen molar-refractivity contribution in [3.63, 3.8) is 0 Å². The van der Waals surface area contributed by atoms with Crippen LogP contribution < -0.4 is 5.32 Å². The van der Waals surface area contributed by atoms with Crippen molar-refractivity contribution in [1.82, 2.24) is 5.32 Å². The second-order valence-corrected chi connectivity index (χ2v) is 9.97. The minimum Gasteiger partial charge on any atom is -0.376 e. The number of hydrogen-bond acceptors (Lipinski definition) is 2. The van der Waals surface area contributed by atoms with Crippen molar-refractivity contribution in [3.8, 4) is 0 Å². The van der Waals surface area contributed by atoms with Crippen LogP contribution in [0.2, 0.25) is 0 Å². The van der Waals surface area contributed by atoms with Gasteiger partial charge in [-0.2, -0.15) is 0 Å². The lowest BCUT2D eigenvalue weighted by Crippen LogP contribution is -2.37. The highest BCUT2D eigenvalue weighted by atomic mass is 16.5. The molecule has 1 amide bonds. The molecule has 0 unspecified atom stereocenters. The molecule has 2 aromatic carbocycles. The van der Waals surface area contributed by atoms with Gasteiger partial charge in [0.05, 0.1) is 5.60 Å². The Morgan fingerprint density at radius 1 is 1.13 bits per heavy atom. The minimum absolute atomic E-state index is 0.0716. The molecular formula is C28H39NO2. The van der Waals surface area contributed by atoms with Crippen LogP contribution in [0.15, 0.2) is 60.7 Å². The molecule has 3 rings (SSSR count). The van der Waals surface area contributed by atoms with Crippen molar-refractivity contribution in [2.24, 2.45) is 5.92 Å². The monoisotopic (exact) mass is 421 g/mol. The fourth-order valence-corrected chi connectivity index (χ4v) is 5.05. The van der Waals surface area contributed by atoms with Gasteiger partial charge >= 0.3 is 0 Å². The average Bonchev–Trinajstić information content (AvgIpc) is 2.77. The van der Waals surface area contributed by atoms with Crippen molar-refractivity contribution in [3.05, 3.63) is 71.8 Å². The summed E-state index contributed by atoms with van der Waals surface area (Å²) in [6.45, 7) is 10.3. The van der Waals surface area contributed by atoms with Gasteiger partial charge in [0, 0.05) is 25.0 Å². The molecule has 168 valence electrons. The normalized spacial score (nSPS) is 21.1. The predicted molar refractivity (Wildman–Crippen MR) is 128 cm³/mol. The van der Waals surface area contributed by atoms with Crippen LogP contribution in [0.4, 0.5) is 0 Å². The SMILES string of the molecule is CC[C@@](C)(CC(=O)NCC[C@@H](c1ccccc1)[C@@H]1CCOC(C)(C)C1)c1ccccc1. The number of hydrogen-bond donors (Lipinski definition) is 1. The molecule has 1 N–H and O–H groups in total. The van der Waals surface area contributed by atoms with Gasteiger partial charge < -0.3 is 10.1 Å². The average molecular weight is 422 g/mol. The topological polar surface area (TPSA) is 38.3 Å². The maximum absolute atomic E-state index is 12.9. The Hall–Kier alpha value is -2.13. The molecule has 0 aromatic heterocycles. The summed E-state index contributed by atoms with van der Waals surface area (Å²) in [6.07, 6.45) is 4.56. The third-order valence-electron chi connectivity index (χ3n) is 7.11. The molecule has 2 aromatic rings. The van der Waals surface area contributed by atoms with Gasteiger partial charge in [-0.15, -0.1) is 0 Å². The summed E-state index contributed by atoms with van der Waals surface area (Å²) < 4.78 is 5.96. The van der Waals surface area contributed by atoms with E-state index in [0.717, 1.165) is 32.3 Å². The van der Waals surface area contributed by atoms with E-state index < -0.39 is 0 Å². The minimum atomic E-state index is -0.130. The van der Waals surface area contributed by atoms with E-state index >= 15 is 0 Å². The third-order valence-corrected chi connectivity index (χ3v) is 7.11. The van der Waals surface area contributed by atoms with Crippen LogP contribution in [-0.2, 0) is 14.9 Å². The number of carbonyl (C=O) groups is 1. The van der Waals surface area contributed by atoms with Gasteiger partial charge in [0.25, 0.3) is 0 Å². The van der Waals surface area contributed by atoms with Crippen molar-refractivity contribution >= 4 is 5.91 Å². The zero-order chi connectivity index (χ0) is 22.3. The van der Waals surface area contributed by atoms with Gasteiger partial charge in [-0.25, -0.2) is 0 Å². The van der Waals surface area contributed by atoms with E-state index in [2.05, 4.69) is 87.6 Å². The van der Waals surface area contributed by atoms with Crippen LogP contribution in [0.3, 0.4) is 0 Å². The molecule has 1 heterocycles. The zero-order valence-electron chi connectivity index (χ0n) is 19.7. The summed E-state index contributed by atoms with van der Waals surface area (Å²) in [5.41, 5.74) is 2.41. The molecular weight excluding hydrogens is 382 g/mol. The number of rotatable bonds is 9. The smallest absolute Gasteiger partial charge is 0.220 e. The van der Waals surface area contributed by atoms with Crippen molar-refractivity contribution < 1.29 is 9.53 Å². The molecule has 3 heteroatoms. The fraction of sp³-hybridized carbons (Fsp3) is 0.536. The van der Waals surface area contributed by atoms with Crippen molar-refractivity contribution in [2.45, 2.75) is 76.7 Å². The molecule has 31 heavy (non-hydrogen) atoms. The first kappa shape index (κ1) is 23.5. The summed E-state index contributed by atoms with van der Waals surface area (Å²) in [5, 5.41) is 3.23. The Kier molecular flexibility index (Phi) is 7.94. The summed E-state index contributed by atoms with van der Waals surface area (Å²) in [6, 6.07) is 21.2. The molecule has 0 spiro atoms. The van der Waals surface area contributed by atoms with Crippen molar-refractivity contribution in [1.29, 1.82) is 0 Å². The van der Waals surface area contributed by atoms with Crippen LogP contribution in [0.1, 0.15) is 76.8 Å². The number of nitrogens with one attached hydrogen (secondary N) is 1. The molecule has 1 fully saturated rings. The Labute approximate surface area is 188 Å². The van der Waals surface area contributed by atoms with Crippen molar-refractivity contribution in [2.75, 3.05) is 13.2 Å². The van der Waals surface area contributed by atoms with E-state index in [0.29, 0.717) is 24.8 Å². The fourth-order valence-electron chi connectivity index (χ4n) is 5.05. The van der Waals surface area contributed by atoms with Crippen LogP contribution >= 0.6 is 0 Å². The Balaban J connectivity index is 1.62. The van der Waals surface area contributed by atoms with Gasteiger partial charge in [-0.3, -0.25) is 4.79 Å². The molecule has 3 nitrogen and oxygen atoms in total. The first-order valence-corrected chi connectivity index (χ1v) is 11.8. The highest BCUT2D eigenvalue weighted by molar-refractivity contribution is 5.77. The second kappa shape index (κ2) is 10.5. The van der Waals surface area contributed by atoms with Gasteiger partial charge in [0.15, 0.2) is 0 Å². The van der Waals surface area contributed by atoms with Crippen LogP contribution in [0.5, 0.6) is 0 Å². The van der Waals surface area contributed by atoms with Crippen LogP contribution in [0.25, 0.3) is 0 Å². The Bertz CT molecular complexity index is 817. The van der Waals surface area contributed by atoms with E-state index in [9.17, 15) is 4.79 Å². The van der Waals surface area contributed by atoms with Gasteiger partial charge in [0.1, 0.15) is 0 Å². The standard InChI is InChI=1S/C28H39NO2/c1-5-28(4,24-14-10-7-11-15-24)21-26(30)29-18-16-25(22-12-8-6-9-13-22)23-17-19-31-27(2,3)20-23/h6-15,23,25H,5,16-21H2,1-4H3,(H,29,30)/t23-,25+,28+/m1/s1. The Morgan fingerprint density at radius 3 is 2.39 bits per heavy atom. The van der Waals surface area contributed by atoms with Crippen LogP contribution in [0, 0.1) is 5.92 Å². The summed E-state index contributed by atoms with van der Waals surface area (Å²) in [5.74, 6) is 1.16. The molecule has 0 radical (unpaired) electrons. The van der Waals surface area contributed by atoms with Gasteiger partial charge in [-0.05, 0) is 62.5 Å². The molecule has 0 bridgehead atoms. The van der Waals surface area contributed by atoms with E-state index in [1.807, 2.05) is 6.07 Å². The molecule has 0 aliphatic carbocycles. The predicted octanol–water partition coefficient (Wildman–Crippen LogP) is 6.24. The highest BCUT2D eigenvalue weighted by Gasteiger charge is 2.34. The second-order valence-electron chi connectivity index (χ2n) is 9.97. The van der Waals surface area contributed by atoms with E-state index in [1.165, 1.54) is 11.1 Å². The Morgan fingerprint density at radius 2 is 1.77 bits per heavy atom. The zero-order valence-corrected chi connectivity index (χ0v) is 19.7. The lowest BCUT2D eigenvalue weighted by atomic mass is 9.75. The number of carbonyl (C=O) groups excluding carboxylic acids is 1. The first-order valence-electron chi connectivity index (χ1n) is 11.8. The third kappa shape index (κ3) is 6.43. The quantitative estimate of drug-likeness (QED) is 0.520. The van der Waals surface area contributed by atoms with Gasteiger partial charge in [0.2, 0.25) is 5.91 Å². The van der Waals surface area contributed by atoms with E-state index in [-0.39, 0.29) is 16.9 Å². The van der Waals surface area contributed by atoms with E-state index in [4.69, 9.17) is 4.74 Å². The maximum atomic E-state index is 12.9. The number of amides is 1. The number of ether oxygens (including phenoxy) is 1. The summed E-state index contributed by atoms with van der Waals surface area (Å²) >= 11 is 0. The van der Waals surface area contributed by atoms with Crippen LogP contribution in [-0.4, -0.2) is 24.7 Å². The lowest BCUT2D eigenvalue weighted by Gasteiger charge is -2.39. The highest BCUT2D eigenvalue weighted by Crippen LogP contribution is 2.39.